The molecule has 0 aliphatic carbocycles. The van der Waals surface area contributed by atoms with Crippen molar-refractivity contribution in [2.24, 2.45) is 0 Å². The van der Waals surface area contributed by atoms with Crippen molar-refractivity contribution in [1.82, 2.24) is 4.98 Å². The van der Waals surface area contributed by atoms with Crippen molar-refractivity contribution < 1.29 is 9.53 Å². The molecule has 0 atom stereocenters. The summed E-state index contributed by atoms with van der Waals surface area (Å²) in [5.41, 5.74) is 1.90. The monoisotopic (exact) mass is 289 g/mol. The van der Waals surface area contributed by atoms with Crippen LogP contribution >= 0.6 is 11.6 Å². The molecule has 0 unspecified atom stereocenters. The number of benzene rings is 1. The van der Waals surface area contributed by atoms with Crippen LogP contribution in [0.5, 0.6) is 5.75 Å². The molecule has 0 radical (unpaired) electrons. The first kappa shape index (κ1) is 14.5. The summed E-state index contributed by atoms with van der Waals surface area (Å²) in [6, 6.07) is 9.17. The number of hydrogen-bond acceptors (Lipinski definition) is 3. The Morgan fingerprint density at radius 1 is 1.35 bits per heavy atom. The highest BCUT2D eigenvalue weighted by atomic mass is 35.5. The van der Waals surface area contributed by atoms with E-state index in [0.29, 0.717) is 30.0 Å². The van der Waals surface area contributed by atoms with E-state index in [9.17, 15) is 4.79 Å². The van der Waals surface area contributed by atoms with Crippen molar-refractivity contribution in [1.29, 1.82) is 0 Å². The SMILES string of the molecule is COc1ccc(Cl)cc1CC(=O)CCc1cccnc1. The first-order chi connectivity index (χ1) is 9.69. The van der Waals surface area contributed by atoms with Crippen molar-refractivity contribution in [3.8, 4) is 5.75 Å². The van der Waals surface area contributed by atoms with E-state index in [0.717, 1.165) is 11.1 Å². The molecule has 3 nitrogen and oxygen atoms in total. The number of carbonyl (C=O) groups excluding carboxylic acids is 1. The van der Waals surface area contributed by atoms with Crippen LogP contribution in [-0.2, 0) is 17.6 Å². The van der Waals surface area contributed by atoms with E-state index in [4.69, 9.17) is 16.3 Å². The van der Waals surface area contributed by atoms with Crippen LogP contribution in [0.4, 0.5) is 0 Å². The molecule has 1 aromatic heterocycles. The molecule has 20 heavy (non-hydrogen) atoms. The summed E-state index contributed by atoms with van der Waals surface area (Å²) in [5, 5.41) is 0.612. The molecule has 0 aliphatic heterocycles. The molecule has 1 heterocycles. The van der Waals surface area contributed by atoms with Gasteiger partial charge in [0, 0.05) is 35.8 Å². The number of halogens is 1. The molecule has 4 heteroatoms. The number of aryl methyl sites for hydroxylation is 1. The molecule has 2 aromatic rings. The van der Waals surface area contributed by atoms with Crippen LogP contribution in [0.15, 0.2) is 42.7 Å². The summed E-state index contributed by atoms with van der Waals surface area (Å²) >= 11 is 5.96. The summed E-state index contributed by atoms with van der Waals surface area (Å²) < 4.78 is 5.24. The number of ketones is 1. The fraction of sp³-hybridized carbons (Fsp3) is 0.250. The number of pyridine rings is 1. The Balaban J connectivity index is 1.96. The number of aromatic nitrogens is 1. The van der Waals surface area contributed by atoms with Gasteiger partial charge in [-0.3, -0.25) is 9.78 Å². The lowest BCUT2D eigenvalue weighted by Crippen LogP contribution is -2.06. The summed E-state index contributed by atoms with van der Waals surface area (Å²) in [5.74, 6) is 0.860. The molecular formula is C16H16ClNO2. The van der Waals surface area contributed by atoms with E-state index in [1.807, 2.05) is 12.1 Å². The van der Waals surface area contributed by atoms with Gasteiger partial charge in [-0.15, -0.1) is 0 Å². The van der Waals surface area contributed by atoms with E-state index in [1.54, 1.807) is 37.7 Å². The van der Waals surface area contributed by atoms with Gasteiger partial charge in [0.1, 0.15) is 11.5 Å². The molecule has 2 rings (SSSR count). The molecule has 0 aliphatic rings. The van der Waals surface area contributed by atoms with E-state index in [-0.39, 0.29) is 5.78 Å². The zero-order chi connectivity index (χ0) is 14.4. The Kier molecular flexibility index (Phi) is 5.13. The van der Waals surface area contributed by atoms with Crippen molar-refractivity contribution in [3.63, 3.8) is 0 Å². The average Bonchev–Trinajstić information content (AvgIpc) is 2.46. The molecule has 0 fully saturated rings. The van der Waals surface area contributed by atoms with Crippen LogP contribution in [0.3, 0.4) is 0 Å². The molecule has 104 valence electrons. The largest absolute Gasteiger partial charge is 0.496 e. The van der Waals surface area contributed by atoms with E-state index in [1.165, 1.54) is 0 Å². The van der Waals surface area contributed by atoms with Crippen molar-refractivity contribution in [2.75, 3.05) is 7.11 Å². The van der Waals surface area contributed by atoms with Gasteiger partial charge < -0.3 is 4.74 Å². The summed E-state index contributed by atoms with van der Waals surface area (Å²) in [6.45, 7) is 0. The summed E-state index contributed by atoms with van der Waals surface area (Å²) in [7, 11) is 1.59. The molecular weight excluding hydrogens is 274 g/mol. The van der Waals surface area contributed by atoms with E-state index < -0.39 is 0 Å². The average molecular weight is 290 g/mol. The highest BCUT2D eigenvalue weighted by Gasteiger charge is 2.10. The smallest absolute Gasteiger partial charge is 0.137 e. The first-order valence-corrected chi connectivity index (χ1v) is 6.80. The fourth-order valence-corrected chi connectivity index (χ4v) is 2.21. The van der Waals surface area contributed by atoms with Crippen LogP contribution in [-0.4, -0.2) is 17.9 Å². The second-order valence-corrected chi connectivity index (χ2v) is 4.97. The van der Waals surface area contributed by atoms with Crippen molar-refractivity contribution >= 4 is 17.4 Å². The van der Waals surface area contributed by atoms with Gasteiger partial charge in [0.15, 0.2) is 0 Å². The summed E-state index contributed by atoms with van der Waals surface area (Å²) in [4.78, 5) is 16.1. The number of carbonyl (C=O) groups is 1. The minimum absolute atomic E-state index is 0.161. The fourth-order valence-electron chi connectivity index (χ4n) is 2.02. The number of nitrogens with zero attached hydrogens (tertiary/aromatic N) is 1. The number of hydrogen-bond donors (Lipinski definition) is 0. The lowest BCUT2D eigenvalue weighted by Gasteiger charge is -2.08. The van der Waals surface area contributed by atoms with Gasteiger partial charge in [-0.2, -0.15) is 0 Å². The number of ether oxygens (including phenoxy) is 1. The number of Topliss-reactive ketones (excluding diaryl/α,β-unsaturated/α-hetero) is 1. The third-order valence-electron chi connectivity index (χ3n) is 3.05. The third kappa shape index (κ3) is 4.07. The van der Waals surface area contributed by atoms with Crippen LogP contribution in [0.1, 0.15) is 17.5 Å². The predicted molar refractivity (Wildman–Crippen MR) is 79.3 cm³/mol. The molecule has 1 aromatic carbocycles. The first-order valence-electron chi connectivity index (χ1n) is 6.42. The maximum atomic E-state index is 12.0. The molecule has 0 amide bonds. The van der Waals surface area contributed by atoms with Crippen molar-refractivity contribution in [2.45, 2.75) is 19.3 Å². The summed E-state index contributed by atoms with van der Waals surface area (Å²) in [6.07, 6.45) is 5.04. The second kappa shape index (κ2) is 7.06. The van der Waals surface area contributed by atoms with E-state index in [2.05, 4.69) is 4.98 Å². The van der Waals surface area contributed by atoms with Crippen LogP contribution in [0.2, 0.25) is 5.02 Å². The normalized spacial score (nSPS) is 10.3. The molecule has 0 bridgehead atoms. The molecule has 0 saturated carbocycles. The number of rotatable bonds is 6. The topological polar surface area (TPSA) is 39.2 Å². The maximum Gasteiger partial charge on any atom is 0.137 e. The Hall–Kier alpha value is -1.87. The Morgan fingerprint density at radius 2 is 2.20 bits per heavy atom. The zero-order valence-corrected chi connectivity index (χ0v) is 12.1. The Labute approximate surface area is 123 Å². The number of methoxy groups -OCH3 is 1. The van der Waals surface area contributed by atoms with Gasteiger partial charge in [-0.25, -0.2) is 0 Å². The minimum atomic E-state index is 0.161. The van der Waals surface area contributed by atoms with Gasteiger partial charge in [0.25, 0.3) is 0 Å². The molecule has 0 spiro atoms. The van der Waals surface area contributed by atoms with Crippen LogP contribution in [0.25, 0.3) is 0 Å². The standard InChI is InChI=1S/C16H16ClNO2/c1-20-16-7-5-14(17)9-13(16)10-15(19)6-4-12-3-2-8-18-11-12/h2-3,5,7-9,11H,4,6,10H2,1H3. The van der Waals surface area contributed by atoms with Gasteiger partial charge in [0.2, 0.25) is 0 Å². The zero-order valence-electron chi connectivity index (χ0n) is 11.3. The van der Waals surface area contributed by atoms with Gasteiger partial charge in [-0.1, -0.05) is 17.7 Å². The highest BCUT2D eigenvalue weighted by Crippen LogP contribution is 2.23. The van der Waals surface area contributed by atoms with Crippen molar-refractivity contribution in [3.05, 3.63) is 58.9 Å². The maximum absolute atomic E-state index is 12.0. The van der Waals surface area contributed by atoms with Gasteiger partial charge >= 0.3 is 0 Å². The minimum Gasteiger partial charge on any atom is -0.496 e. The van der Waals surface area contributed by atoms with Crippen LogP contribution in [0, 0.1) is 0 Å². The van der Waals surface area contributed by atoms with Gasteiger partial charge in [0.05, 0.1) is 7.11 Å². The molecule has 0 saturated heterocycles. The lowest BCUT2D eigenvalue weighted by molar-refractivity contribution is -0.118. The Bertz CT molecular complexity index is 584. The van der Waals surface area contributed by atoms with Crippen LogP contribution < -0.4 is 4.74 Å². The highest BCUT2D eigenvalue weighted by molar-refractivity contribution is 6.30. The second-order valence-electron chi connectivity index (χ2n) is 4.53. The predicted octanol–water partition coefficient (Wildman–Crippen LogP) is 3.49. The third-order valence-corrected chi connectivity index (χ3v) is 3.28. The quantitative estimate of drug-likeness (QED) is 0.817. The van der Waals surface area contributed by atoms with Gasteiger partial charge in [-0.05, 0) is 36.2 Å². The van der Waals surface area contributed by atoms with E-state index >= 15 is 0 Å². The lowest BCUT2D eigenvalue weighted by atomic mass is 10.0. The Morgan fingerprint density at radius 3 is 2.90 bits per heavy atom. The molecule has 0 N–H and O–H groups in total.